The lowest BCUT2D eigenvalue weighted by Crippen LogP contribution is -2.47. The Labute approximate surface area is 119 Å². The predicted octanol–water partition coefficient (Wildman–Crippen LogP) is 2.21. The molecule has 1 aliphatic heterocycles. The van der Waals surface area contributed by atoms with Gasteiger partial charge in [-0.1, -0.05) is 18.2 Å². The van der Waals surface area contributed by atoms with Crippen molar-refractivity contribution < 1.29 is 9.53 Å². The maximum absolute atomic E-state index is 12.2. The number of carbonyl (C=O) groups excluding carboxylic acids is 1. The maximum Gasteiger partial charge on any atom is 0.246 e. The first-order valence-corrected chi connectivity index (χ1v) is 6.71. The molecule has 0 aromatic heterocycles. The van der Waals surface area contributed by atoms with Crippen molar-refractivity contribution in [1.82, 2.24) is 4.90 Å². The van der Waals surface area contributed by atoms with Crippen LogP contribution in [-0.4, -0.2) is 36.1 Å². The highest BCUT2D eigenvalue weighted by molar-refractivity contribution is 5.92. The molecule has 1 aliphatic rings. The summed E-state index contributed by atoms with van der Waals surface area (Å²) in [5.74, 6) is -0.0419. The van der Waals surface area contributed by atoms with E-state index in [-0.39, 0.29) is 18.1 Å². The van der Waals surface area contributed by atoms with Gasteiger partial charge >= 0.3 is 0 Å². The van der Waals surface area contributed by atoms with Gasteiger partial charge in [-0.25, -0.2) is 0 Å². The van der Waals surface area contributed by atoms with E-state index >= 15 is 0 Å². The second kappa shape index (κ2) is 6.36. The van der Waals surface area contributed by atoms with Gasteiger partial charge < -0.3 is 9.64 Å². The Morgan fingerprint density at radius 3 is 2.65 bits per heavy atom. The number of hydrogen-bond acceptors (Lipinski definition) is 3. The first-order chi connectivity index (χ1) is 9.60. The summed E-state index contributed by atoms with van der Waals surface area (Å²) in [6, 6.07) is 9.34. The van der Waals surface area contributed by atoms with E-state index in [4.69, 9.17) is 10.00 Å². The van der Waals surface area contributed by atoms with E-state index < -0.39 is 0 Å². The highest BCUT2D eigenvalue weighted by atomic mass is 16.5. The molecule has 1 amide bonds. The van der Waals surface area contributed by atoms with Crippen LogP contribution in [0.15, 0.2) is 30.3 Å². The zero-order valence-electron chi connectivity index (χ0n) is 11.7. The summed E-state index contributed by atoms with van der Waals surface area (Å²) in [4.78, 5) is 13.9. The number of nitriles is 1. The van der Waals surface area contributed by atoms with E-state index in [1.807, 2.05) is 32.0 Å². The van der Waals surface area contributed by atoms with Crippen LogP contribution < -0.4 is 0 Å². The van der Waals surface area contributed by atoms with Crippen LogP contribution in [0.1, 0.15) is 25.0 Å². The molecule has 1 saturated heterocycles. The van der Waals surface area contributed by atoms with E-state index in [1.54, 1.807) is 17.0 Å². The van der Waals surface area contributed by atoms with Gasteiger partial charge in [-0.05, 0) is 31.6 Å². The predicted molar refractivity (Wildman–Crippen MR) is 76.8 cm³/mol. The van der Waals surface area contributed by atoms with Crippen molar-refractivity contribution in [2.75, 3.05) is 13.1 Å². The molecule has 20 heavy (non-hydrogen) atoms. The maximum atomic E-state index is 12.2. The van der Waals surface area contributed by atoms with Crippen molar-refractivity contribution >= 4 is 12.0 Å². The van der Waals surface area contributed by atoms with Gasteiger partial charge in [0, 0.05) is 19.2 Å². The molecule has 0 radical (unpaired) electrons. The van der Waals surface area contributed by atoms with E-state index in [0.29, 0.717) is 18.7 Å². The summed E-state index contributed by atoms with van der Waals surface area (Å²) in [7, 11) is 0. The van der Waals surface area contributed by atoms with Gasteiger partial charge in [0.05, 0.1) is 23.8 Å². The van der Waals surface area contributed by atoms with Gasteiger partial charge in [0.25, 0.3) is 0 Å². The minimum atomic E-state index is -0.0419. The van der Waals surface area contributed by atoms with Gasteiger partial charge in [0.1, 0.15) is 0 Å². The second-order valence-corrected chi connectivity index (χ2v) is 5.03. The van der Waals surface area contributed by atoms with E-state index in [1.165, 1.54) is 6.08 Å². The van der Waals surface area contributed by atoms with Gasteiger partial charge in [-0.2, -0.15) is 5.26 Å². The molecule has 0 saturated carbocycles. The normalized spacial score (nSPS) is 22.8. The molecule has 0 spiro atoms. The number of hydrogen-bond donors (Lipinski definition) is 0. The Bertz CT molecular complexity index is 550. The number of carbonyl (C=O) groups is 1. The quantitative estimate of drug-likeness (QED) is 0.774. The molecule has 2 atom stereocenters. The first-order valence-electron chi connectivity index (χ1n) is 6.71. The van der Waals surface area contributed by atoms with Crippen LogP contribution in [0.4, 0.5) is 0 Å². The van der Waals surface area contributed by atoms with Gasteiger partial charge in [-0.3, -0.25) is 4.79 Å². The molecule has 4 heteroatoms. The third-order valence-corrected chi connectivity index (χ3v) is 3.22. The summed E-state index contributed by atoms with van der Waals surface area (Å²) in [5, 5.41) is 9.01. The fourth-order valence-corrected chi connectivity index (χ4v) is 2.37. The van der Waals surface area contributed by atoms with E-state index in [2.05, 4.69) is 6.07 Å². The molecule has 1 aromatic carbocycles. The van der Waals surface area contributed by atoms with Crippen molar-refractivity contribution in [2.24, 2.45) is 0 Å². The average molecular weight is 270 g/mol. The van der Waals surface area contributed by atoms with Crippen LogP contribution in [0.25, 0.3) is 6.08 Å². The third kappa shape index (κ3) is 3.46. The highest BCUT2D eigenvalue weighted by Crippen LogP contribution is 2.13. The molecule has 4 nitrogen and oxygen atoms in total. The standard InChI is InChI=1S/C16H18N2O2/c1-12-10-18(11-13(2)20-12)16(19)8-7-14-5-3-4-6-15(14)9-17/h3-8,12-13H,10-11H2,1-2H3/b8-7+. The van der Waals surface area contributed by atoms with Crippen LogP contribution in [0.3, 0.4) is 0 Å². The van der Waals surface area contributed by atoms with Crippen LogP contribution in [0.5, 0.6) is 0 Å². The summed E-state index contributed by atoms with van der Waals surface area (Å²) < 4.78 is 5.60. The molecular formula is C16H18N2O2. The minimum absolute atomic E-state index is 0.0419. The SMILES string of the molecule is CC1CN(C(=O)/C=C/c2ccccc2C#N)CC(C)O1. The Morgan fingerprint density at radius 2 is 2.00 bits per heavy atom. The Morgan fingerprint density at radius 1 is 1.35 bits per heavy atom. The molecule has 1 heterocycles. The number of nitrogens with zero attached hydrogens (tertiary/aromatic N) is 2. The van der Waals surface area contributed by atoms with Crippen LogP contribution in [-0.2, 0) is 9.53 Å². The lowest BCUT2D eigenvalue weighted by atomic mass is 10.1. The minimum Gasteiger partial charge on any atom is -0.372 e. The Balaban J connectivity index is 2.07. The van der Waals surface area contributed by atoms with Gasteiger partial charge in [-0.15, -0.1) is 0 Å². The first kappa shape index (κ1) is 14.3. The third-order valence-electron chi connectivity index (χ3n) is 3.22. The average Bonchev–Trinajstić information content (AvgIpc) is 2.44. The number of amides is 1. The number of rotatable bonds is 2. The molecule has 2 unspecified atom stereocenters. The van der Waals surface area contributed by atoms with Crippen molar-refractivity contribution in [3.63, 3.8) is 0 Å². The molecule has 1 aromatic rings. The fraction of sp³-hybridized carbons (Fsp3) is 0.375. The van der Waals surface area contributed by atoms with Gasteiger partial charge in [0.15, 0.2) is 0 Å². The van der Waals surface area contributed by atoms with Crippen LogP contribution in [0.2, 0.25) is 0 Å². The molecule has 1 fully saturated rings. The molecular weight excluding hydrogens is 252 g/mol. The van der Waals surface area contributed by atoms with Crippen molar-refractivity contribution in [1.29, 1.82) is 5.26 Å². The highest BCUT2D eigenvalue weighted by Gasteiger charge is 2.24. The van der Waals surface area contributed by atoms with Crippen molar-refractivity contribution in [3.8, 4) is 6.07 Å². The zero-order chi connectivity index (χ0) is 14.5. The molecule has 104 valence electrons. The number of morpholine rings is 1. The van der Waals surface area contributed by atoms with Crippen molar-refractivity contribution in [3.05, 3.63) is 41.5 Å². The zero-order valence-corrected chi connectivity index (χ0v) is 11.7. The monoisotopic (exact) mass is 270 g/mol. The summed E-state index contributed by atoms with van der Waals surface area (Å²) >= 11 is 0. The van der Waals surface area contributed by atoms with Crippen molar-refractivity contribution in [2.45, 2.75) is 26.1 Å². The number of ether oxygens (including phenoxy) is 1. The summed E-state index contributed by atoms with van der Waals surface area (Å²) in [6.07, 6.45) is 3.34. The fourth-order valence-electron chi connectivity index (χ4n) is 2.37. The van der Waals surface area contributed by atoms with E-state index in [9.17, 15) is 4.79 Å². The molecule has 2 rings (SSSR count). The summed E-state index contributed by atoms with van der Waals surface area (Å²) in [5.41, 5.74) is 1.33. The van der Waals surface area contributed by atoms with Crippen LogP contribution >= 0.6 is 0 Å². The molecule has 0 aliphatic carbocycles. The van der Waals surface area contributed by atoms with Gasteiger partial charge in [0.2, 0.25) is 5.91 Å². The lowest BCUT2D eigenvalue weighted by Gasteiger charge is -2.34. The Hall–Kier alpha value is -2.12. The second-order valence-electron chi connectivity index (χ2n) is 5.03. The summed E-state index contributed by atoms with van der Waals surface area (Å²) in [6.45, 7) is 5.14. The number of benzene rings is 1. The largest absolute Gasteiger partial charge is 0.372 e. The smallest absolute Gasteiger partial charge is 0.246 e. The van der Waals surface area contributed by atoms with Crippen LogP contribution in [0, 0.1) is 11.3 Å². The van der Waals surface area contributed by atoms with E-state index in [0.717, 1.165) is 5.56 Å². The molecule has 0 bridgehead atoms. The molecule has 0 N–H and O–H groups in total. The lowest BCUT2D eigenvalue weighted by molar-refractivity contribution is -0.137. The topological polar surface area (TPSA) is 53.3 Å². The Kier molecular flexibility index (Phi) is 4.54.